The van der Waals surface area contributed by atoms with Gasteiger partial charge in [-0.05, 0) is 0 Å². The van der Waals surface area contributed by atoms with Gasteiger partial charge in [-0.15, -0.1) is 0 Å². The summed E-state index contributed by atoms with van der Waals surface area (Å²) in [5.41, 5.74) is 10.5. The Morgan fingerprint density at radius 3 is 3.00 bits per heavy atom. The number of nitrogens with one attached hydrogen (secondary N) is 1. The second-order valence-electron chi connectivity index (χ2n) is 1.92. The molecule has 5 nitrogen and oxygen atoms in total. The summed E-state index contributed by atoms with van der Waals surface area (Å²) in [6.45, 7) is 1.98. The molecule has 2 amide bonds. The van der Waals surface area contributed by atoms with Gasteiger partial charge < -0.3 is 11.5 Å². The second kappa shape index (κ2) is 4.75. The number of carbonyl (C=O) groups is 1. The first-order valence-electron chi connectivity index (χ1n) is 3.08. The molecular formula is C5H13N4O+. The van der Waals surface area contributed by atoms with Crippen LogP contribution in [0.5, 0.6) is 0 Å². The third kappa shape index (κ3) is 5.04. The molecule has 5 heteroatoms. The number of amides is 2. The van der Waals surface area contributed by atoms with Gasteiger partial charge in [-0.2, -0.15) is 5.10 Å². The summed E-state index contributed by atoms with van der Waals surface area (Å²) in [5.74, 6) is 0. The Morgan fingerprint density at radius 1 is 2.00 bits per heavy atom. The van der Waals surface area contributed by atoms with Crippen molar-refractivity contribution in [3.63, 3.8) is 0 Å². The van der Waals surface area contributed by atoms with Crippen molar-refractivity contribution in [1.82, 2.24) is 5.43 Å². The number of carbonyl (C=O) groups excluding carboxylic acids is 1. The molecular weight excluding hydrogens is 132 g/mol. The highest BCUT2D eigenvalue weighted by Crippen LogP contribution is 1.75. The lowest BCUT2D eigenvalue weighted by Crippen LogP contribution is -2.61. The van der Waals surface area contributed by atoms with Crippen LogP contribution in [0.3, 0.4) is 0 Å². The third-order valence-corrected chi connectivity index (χ3v) is 0.984. The fourth-order valence-electron chi connectivity index (χ4n) is 0.312. The molecule has 0 aromatic carbocycles. The Hall–Kier alpha value is -1.10. The van der Waals surface area contributed by atoms with Gasteiger partial charge in [0.05, 0.1) is 6.21 Å². The third-order valence-electron chi connectivity index (χ3n) is 0.984. The minimum absolute atomic E-state index is 0.131. The van der Waals surface area contributed by atoms with Gasteiger partial charge in [-0.1, -0.05) is 6.92 Å². The number of hydrazone groups is 1. The molecule has 0 spiro atoms. The molecule has 6 N–H and O–H groups in total. The van der Waals surface area contributed by atoms with E-state index in [1.807, 2.05) is 6.92 Å². The first-order chi connectivity index (χ1) is 4.66. The van der Waals surface area contributed by atoms with Crippen molar-refractivity contribution >= 4 is 12.2 Å². The van der Waals surface area contributed by atoms with E-state index in [9.17, 15) is 4.79 Å². The molecule has 0 saturated carbocycles. The first-order valence-corrected chi connectivity index (χ1v) is 3.08. The molecule has 0 aliphatic heterocycles. The van der Waals surface area contributed by atoms with Crippen molar-refractivity contribution in [2.24, 2.45) is 10.8 Å². The predicted octanol–water partition coefficient (Wildman–Crippen LogP) is -1.34. The summed E-state index contributed by atoms with van der Waals surface area (Å²) in [6.07, 6.45) is 2.44. The number of hydrogen-bond acceptors (Lipinski definition) is 2. The average molecular weight is 145 g/mol. The van der Waals surface area contributed by atoms with E-state index >= 15 is 0 Å². The highest BCUT2D eigenvalue weighted by atomic mass is 16.2. The highest BCUT2D eigenvalue weighted by molar-refractivity contribution is 5.73. The number of urea groups is 1. The predicted molar refractivity (Wildman–Crippen MR) is 38.2 cm³/mol. The van der Waals surface area contributed by atoms with E-state index in [1.165, 1.54) is 0 Å². The molecule has 10 heavy (non-hydrogen) atoms. The zero-order valence-electron chi connectivity index (χ0n) is 6.00. The maximum absolute atomic E-state index is 10.0. The zero-order chi connectivity index (χ0) is 7.98. The van der Waals surface area contributed by atoms with E-state index in [-0.39, 0.29) is 6.04 Å². The molecule has 0 aromatic heterocycles. The van der Waals surface area contributed by atoms with Gasteiger partial charge in [0, 0.05) is 6.42 Å². The van der Waals surface area contributed by atoms with E-state index in [1.54, 1.807) is 6.21 Å². The normalized spacial score (nSPS) is 13.4. The van der Waals surface area contributed by atoms with E-state index in [2.05, 4.69) is 16.3 Å². The maximum Gasteiger partial charge on any atom is 0.332 e. The van der Waals surface area contributed by atoms with Gasteiger partial charge in [0.1, 0.15) is 6.04 Å². The Labute approximate surface area is 59.5 Å². The van der Waals surface area contributed by atoms with Crippen molar-refractivity contribution in [2.45, 2.75) is 19.4 Å². The molecule has 0 saturated heterocycles. The van der Waals surface area contributed by atoms with Crippen LogP contribution in [0.1, 0.15) is 13.3 Å². The van der Waals surface area contributed by atoms with E-state index in [4.69, 9.17) is 5.73 Å². The van der Waals surface area contributed by atoms with Gasteiger partial charge in [0.2, 0.25) is 0 Å². The van der Waals surface area contributed by atoms with Crippen molar-refractivity contribution in [1.29, 1.82) is 0 Å². The monoisotopic (exact) mass is 145 g/mol. The second-order valence-corrected chi connectivity index (χ2v) is 1.92. The number of hydrogen-bond donors (Lipinski definition) is 3. The van der Waals surface area contributed by atoms with Crippen LogP contribution in [0, 0.1) is 0 Å². The van der Waals surface area contributed by atoms with Gasteiger partial charge in [0.25, 0.3) is 0 Å². The van der Waals surface area contributed by atoms with Crippen molar-refractivity contribution in [3.05, 3.63) is 0 Å². The molecule has 0 bridgehead atoms. The van der Waals surface area contributed by atoms with Crippen LogP contribution < -0.4 is 16.9 Å². The zero-order valence-corrected chi connectivity index (χ0v) is 6.00. The molecule has 0 aliphatic rings. The topological polar surface area (TPSA) is 95.1 Å². The van der Waals surface area contributed by atoms with Gasteiger partial charge in [0.15, 0.2) is 0 Å². The lowest BCUT2D eigenvalue weighted by atomic mass is 10.3. The quantitative estimate of drug-likeness (QED) is 0.332. The summed E-state index contributed by atoms with van der Waals surface area (Å²) in [7, 11) is 0. The van der Waals surface area contributed by atoms with Crippen LogP contribution >= 0.6 is 0 Å². The minimum atomic E-state index is -0.653. The average Bonchev–Trinajstić information content (AvgIpc) is 1.87. The Kier molecular flexibility index (Phi) is 4.23. The Bertz CT molecular complexity index is 134. The fraction of sp³-hybridized carbons (Fsp3) is 0.600. The van der Waals surface area contributed by atoms with Gasteiger partial charge in [-0.25, -0.2) is 10.2 Å². The SMILES string of the molecule is CC[C@H]([NH3+])/C=N/NC(N)=O. The van der Waals surface area contributed by atoms with Crippen molar-refractivity contribution < 1.29 is 10.5 Å². The molecule has 0 aromatic rings. The van der Waals surface area contributed by atoms with Crippen LogP contribution in [0.15, 0.2) is 5.10 Å². The standard InChI is InChI=1S/C5H12N4O/c1-2-4(6)3-8-9-5(7)10/h3-4H,2,6H2,1H3,(H3,7,9,10)/p+1/b8-3+/t4-/m0/s1. The molecule has 0 radical (unpaired) electrons. The van der Waals surface area contributed by atoms with E-state index in [0.717, 1.165) is 6.42 Å². The lowest BCUT2D eigenvalue weighted by Gasteiger charge is -1.94. The van der Waals surface area contributed by atoms with Crippen LogP contribution in [0.2, 0.25) is 0 Å². The number of rotatable bonds is 3. The summed E-state index contributed by atoms with van der Waals surface area (Å²) in [6, 6.07) is -0.522. The van der Waals surface area contributed by atoms with Crippen LogP contribution in [-0.2, 0) is 0 Å². The number of nitrogens with zero attached hydrogens (tertiary/aromatic N) is 1. The summed E-state index contributed by atoms with van der Waals surface area (Å²) in [5, 5.41) is 3.53. The van der Waals surface area contributed by atoms with Crippen LogP contribution in [0.25, 0.3) is 0 Å². The molecule has 0 heterocycles. The molecule has 0 unspecified atom stereocenters. The molecule has 0 aliphatic carbocycles. The van der Waals surface area contributed by atoms with Gasteiger partial charge in [-0.3, -0.25) is 0 Å². The molecule has 0 rings (SSSR count). The summed E-state index contributed by atoms with van der Waals surface area (Å²) < 4.78 is 0. The first kappa shape index (κ1) is 8.90. The maximum atomic E-state index is 10.0. The molecule has 0 fully saturated rings. The van der Waals surface area contributed by atoms with Crippen LogP contribution in [0.4, 0.5) is 4.79 Å². The van der Waals surface area contributed by atoms with Gasteiger partial charge >= 0.3 is 6.03 Å². The van der Waals surface area contributed by atoms with E-state index < -0.39 is 6.03 Å². The molecule has 58 valence electrons. The molecule has 1 atom stereocenters. The number of quaternary nitrogens is 1. The Balaban J connectivity index is 3.45. The largest absolute Gasteiger partial charge is 0.351 e. The fourth-order valence-corrected chi connectivity index (χ4v) is 0.312. The van der Waals surface area contributed by atoms with Crippen LogP contribution in [-0.4, -0.2) is 18.3 Å². The summed E-state index contributed by atoms with van der Waals surface area (Å²) >= 11 is 0. The van der Waals surface area contributed by atoms with Crippen molar-refractivity contribution in [2.75, 3.05) is 0 Å². The minimum Gasteiger partial charge on any atom is -0.351 e. The van der Waals surface area contributed by atoms with Crippen molar-refractivity contribution in [3.8, 4) is 0 Å². The highest BCUT2D eigenvalue weighted by Gasteiger charge is 1.95. The number of nitrogens with two attached hydrogens (primary N) is 1. The van der Waals surface area contributed by atoms with E-state index in [0.29, 0.717) is 0 Å². The summed E-state index contributed by atoms with van der Waals surface area (Å²) in [4.78, 5) is 10.0. The number of primary amides is 1. The lowest BCUT2D eigenvalue weighted by molar-refractivity contribution is -0.393. The smallest absolute Gasteiger partial charge is 0.332 e. The Morgan fingerprint density at radius 2 is 2.60 bits per heavy atom.